The van der Waals surface area contributed by atoms with E-state index in [1.807, 2.05) is 19.1 Å². The second-order valence-electron chi connectivity index (χ2n) is 6.24. The minimum Gasteiger partial charge on any atom is -0.459 e. The van der Waals surface area contributed by atoms with Crippen LogP contribution in [0.2, 0.25) is 0 Å². The van der Waals surface area contributed by atoms with Crippen LogP contribution in [0.1, 0.15) is 47.5 Å². The lowest BCUT2D eigenvalue weighted by atomic mass is 9.81. The Kier molecular flexibility index (Phi) is 4.74. The molecule has 3 nitrogen and oxygen atoms in total. The molecule has 0 aromatic rings. The van der Waals surface area contributed by atoms with Crippen molar-refractivity contribution in [3.8, 4) is 0 Å². The molecule has 0 spiro atoms. The van der Waals surface area contributed by atoms with E-state index in [1.165, 1.54) is 6.08 Å². The molecule has 1 aliphatic heterocycles. The van der Waals surface area contributed by atoms with Crippen LogP contribution in [0.25, 0.3) is 0 Å². The van der Waals surface area contributed by atoms with Crippen molar-refractivity contribution in [1.29, 1.82) is 0 Å². The monoisotopic (exact) mass is 251 g/mol. The highest BCUT2D eigenvalue weighted by Crippen LogP contribution is 2.30. The number of nitrogens with one attached hydrogen (secondary N) is 1. The van der Waals surface area contributed by atoms with Gasteiger partial charge >= 0.3 is 5.97 Å². The van der Waals surface area contributed by atoms with Gasteiger partial charge in [0.2, 0.25) is 0 Å². The van der Waals surface area contributed by atoms with Gasteiger partial charge in [0.1, 0.15) is 6.10 Å². The fraction of sp³-hybridized carbons (Fsp3) is 0.667. The Hall–Kier alpha value is -1.09. The van der Waals surface area contributed by atoms with Crippen molar-refractivity contribution < 1.29 is 9.53 Å². The molecular weight excluding hydrogens is 226 g/mol. The van der Waals surface area contributed by atoms with E-state index in [9.17, 15) is 4.79 Å². The summed E-state index contributed by atoms with van der Waals surface area (Å²) in [6, 6.07) is 0. The quantitative estimate of drug-likeness (QED) is 0.476. The number of ether oxygens (including phenoxy) is 1. The molecule has 0 aromatic heterocycles. The van der Waals surface area contributed by atoms with Gasteiger partial charge in [0.05, 0.1) is 0 Å². The number of hydrogen-bond acceptors (Lipinski definition) is 3. The van der Waals surface area contributed by atoms with Gasteiger partial charge in [-0.1, -0.05) is 18.2 Å². The zero-order valence-corrected chi connectivity index (χ0v) is 12.1. The van der Waals surface area contributed by atoms with Gasteiger partial charge in [-0.2, -0.15) is 0 Å². The highest BCUT2D eigenvalue weighted by molar-refractivity contribution is 5.82. The van der Waals surface area contributed by atoms with Crippen LogP contribution in [-0.2, 0) is 9.53 Å². The van der Waals surface area contributed by atoms with Gasteiger partial charge in [0.15, 0.2) is 0 Å². The van der Waals surface area contributed by atoms with Gasteiger partial charge in [0, 0.05) is 30.0 Å². The van der Waals surface area contributed by atoms with Crippen LogP contribution in [0, 0.1) is 0 Å². The predicted molar refractivity (Wildman–Crippen MR) is 74.4 cm³/mol. The van der Waals surface area contributed by atoms with Crippen LogP contribution in [0.3, 0.4) is 0 Å². The van der Waals surface area contributed by atoms with Gasteiger partial charge < -0.3 is 10.1 Å². The molecule has 0 bridgehead atoms. The average Bonchev–Trinajstić information content (AvgIpc) is 2.12. The lowest BCUT2D eigenvalue weighted by molar-refractivity contribution is -0.147. The molecule has 1 aliphatic rings. The second kappa shape index (κ2) is 5.70. The summed E-state index contributed by atoms with van der Waals surface area (Å²) in [4.78, 5) is 11.6. The normalized spacial score (nSPS) is 23.6. The molecule has 0 saturated carbocycles. The van der Waals surface area contributed by atoms with Gasteiger partial charge in [-0.3, -0.25) is 0 Å². The first kappa shape index (κ1) is 15.0. The molecule has 0 atom stereocenters. The molecule has 18 heavy (non-hydrogen) atoms. The molecule has 1 saturated heterocycles. The van der Waals surface area contributed by atoms with E-state index in [2.05, 4.69) is 33.0 Å². The maximum absolute atomic E-state index is 11.6. The van der Waals surface area contributed by atoms with Crippen molar-refractivity contribution in [3.05, 3.63) is 24.3 Å². The van der Waals surface area contributed by atoms with Gasteiger partial charge in [-0.25, -0.2) is 4.79 Å². The minimum atomic E-state index is -0.258. The Morgan fingerprint density at radius 2 is 1.72 bits per heavy atom. The summed E-state index contributed by atoms with van der Waals surface area (Å²) in [5, 5.41) is 3.57. The van der Waals surface area contributed by atoms with E-state index < -0.39 is 0 Å². The molecule has 0 aromatic carbocycles. The van der Waals surface area contributed by atoms with Crippen molar-refractivity contribution in [2.24, 2.45) is 0 Å². The molecule has 1 heterocycles. The number of carbonyl (C=O) groups excluding carboxylic acids is 1. The Labute approximate surface area is 110 Å². The molecule has 0 unspecified atom stereocenters. The largest absolute Gasteiger partial charge is 0.459 e. The van der Waals surface area contributed by atoms with Crippen LogP contribution in [-0.4, -0.2) is 23.2 Å². The Morgan fingerprint density at radius 1 is 1.17 bits per heavy atom. The number of carbonyl (C=O) groups is 1. The molecular formula is C15H25NO2. The second-order valence-corrected chi connectivity index (χ2v) is 6.24. The third-order valence-electron chi connectivity index (χ3n) is 2.97. The molecule has 0 radical (unpaired) electrons. The number of rotatable bonds is 3. The van der Waals surface area contributed by atoms with Gasteiger partial charge in [-0.15, -0.1) is 0 Å². The number of hydrogen-bond donors (Lipinski definition) is 1. The Bertz CT molecular complexity index is 338. The first-order chi connectivity index (χ1) is 8.24. The first-order valence-electron chi connectivity index (χ1n) is 6.53. The summed E-state index contributed by atoms with van der Waals surface area (Å²) >= 11 is 0. The summed E-state index contributed by atoms with van der Waals surface area (Å²) in [5.41, 5.74) is -0.000531. The molecule has 0 aliphatic carbocycles. The molecule has 1 fully saturated rings. The zero-order valence-electron chi connectivity index (χ0n) is 12.1. The standard InChI is InChI=1S/C15H25NO2/c1-6-7-8-9-13(17)18-12-10-14(2,3)16-15(4,5)11-12/h6-9,12,16H,10-11H2,1-5H3. The van der Waals surface area contributed by atoms with Crippen LogP contribution in [0.15, 0.2) is 24.3 Å². The van der Waals surface area contributed by atoms with Crippen molar-refractivity contribution >= 4 is 5.97 Å². The zero-order chi connectivity index (χ0) is 13.8. The van der Waals surface area contributed by atoms with Crippen LogP contribution in [0.4, 0.5) is 0 Å². The highest BCUT2D eigenvalue weighted by Gasteiger charge is 2.39. The average molecular weight is 251 g/mol. The van der Waals surface area contributed by atoms with Crippen LogP contribution >= 0.6 is 0 Å². The lowest BCUT2D eigenvalue weighted by Crippen LogP contribution is -2.59. The van der Waals surface area contributed by atoms with Crippen LogP contribution in [0.5, 0.6) is 0 Å². The molecule has 1 rings (SSSR count). The van der Waals surface area contributed by atoms with E-state index in [0.717, 1.165) is 12.8 Å². The van der Waals surface area contributed by atoms with E-state index in [-0.39, 0.29) is 23.2 Å². The molecule has 3 heteroatoms. The SMILES string of the molecule is CC=CC=CC(=O)OC1CC(C)(C)NC(C)(C)C1. The van der Waals surface area contributed by atoms with Gasteiger partial charge in [0.25, 0.3) is 0 Å². The van der Waals surface area contributed by atoms with E-state index >= 15 is 0 Å². The van der Waals surface area contributed by atoms with E-state index in [4.69, 9.17) is 4.74 Å². The summed E-state index contributed by atoms with van der Waals surface area (Å²) < 4.78 is 5.51. The Balaban J connectivity index is 2.59. The number of piperidine rings is 1. The minimum absolute atomic E-state index is 0.000266. The van der Waals surface area contributed by atoms with Crippen molar-refractivity contribution in [3.63, 3.8) is 0 Å². The number of esters is 1. The van der Waals surface area contributed by atoms with E-state index in [1.54, 1.807) is 6.08 Å². The van der Waals surface area contributed by atoms with Crippen molar-refractivity contribution in [2.45, 2.75) is 64.6 Å². The summed E-state index contributed by atoms with van der Waals surface area (Å²) in [7, 11) is 0. The molecule has 0 amide bonds. The third kappa shape index (κ3) is 5.05. The summed E-state index contributed by atoms with van der Waals surface area (Å²) in [6.45, 7) is 10.5. The Morgan fingerprint density at radius 3 is 2.22 bits per heavy atom. The maximum Gasteiger partial charge on any atom is 0.331 e. The lowest BCUT2D eigenvalue weighted by Gasteiger charge is -2.45. The third-order valence-corrected chi connectivity index (χ3v) is 2.97. The van der Waals surface area contributed by atoms with Crippen molar-refractivity contribution in [2.75, 3.05) is 0 Å². The maximum atomic E-state index is 11.6. The van der Waals surface area contributed by atoms with E-state index in [0.29, 0.717) is 0 Å². The first-order valence-corrected chi connectivity index (χ1v) is 6.53. The summed E-state index contributed by atoms with van der Waals surface area (Å²) in [6.07, 6.45) is 8.55. The smallest absolute Gasteiger partial charge is 0.331 e. The number of allylic oxidation sites excluding steroid dienone is 3. The highest BCUT2D eigenvalue weighted by atomic mass is 16.5. The fourth-order valence-electron chi connectivity index (χ4n) is 2.76. The van der Waals surface area contributed by atoms with Crippen molar-refractivity contribution in [1.82, 2.24) is 5.32 Å². The summed E-state index contributed by atoms with van der Waals surface area (Å²) in [5.74, 6) is -0.258. The fourth-order valence-corrected chi connectivity index (χ4v) is 2.76. The topological polar surface area (TPSA) is 38.3 Å². The molecule has 1 N–H and O–H groups in total. The molecule has 102 valence electrons. The predicted octanol–water partition coefficient (Wildman–Crippen LogP) is 2.97. The van der Waals surface area contributed by atoms with Gasteiger partial charge in [-0.05, 0) is 34.6 Å². The van der Waals surface area contributed by atoms with Crippen LogP contribution < -0.4 is 5.32 Å².